The molecular formula is C15H23ClN3OP. The zero-order valence-electron chi connectivity index (χ0n) is 12.8. The smallest absolute Gasteiger partial charge is 0.244 e. The van der Waals surface area contributed by atoms with Crippen molar-refractivity contribution in [3.8, 4) is 0 Å². The summed E-state index contributed by atoms with van der Waals surface area (Å²) >= 11 is 5.94. The number of benzene rings is 1. The number of piperazine rings is 1. The van der Waals surface area contributed by atoms with Crippen molar-refractivity contribution in [3.63, 3.8) is 0 Å². The van der Waals surface area contributed by atoms with E-state index < -0.39 is 0 Å². The standard InChI is InChI=1S/C15H23ClN3OP/c1-17(2)14(12-4-6-13(16)7-5-12)15(20)18-8-10-19(21-3)11-9-18/h4-7,14,21H,8-11H2,1-3H3. The first-order valence-corrected chi connectivity index (χ1v) is 8.98. The lowest BCUT2D eigenvalue weighted by atomic mass is 10.0. The molecule has 2 atom stereocenters. The summed E-state index contributed by atoms with van der Waals surface area (Å²) < 4.78 is 2.40. The van der Waals surface area contributed by atoms with Crippen LogP contribution in [0.15, 0.2) is 24.3 Å². The van der Waals surface area contributed by atoms with Crippen molar-refractivity contribution in [2.24, 2.45) is 0 Å². The summed E-state index contributed by atoms with van der Waals surface area (Å²) in [5.41, 5.74) is 0.995. The molecule has 1 heterocycles. The topological polar surface area (TPSA) is 26.8 Å². The number of amides is 1. The molecule has 21 heavy (non-hydrogen) atoms. The molecule has 0 aromatic heterocycles. The molecule has 0 spiro atoms. The SMILES string of the molecule is CPN1CCN(C(=O)C(c2ccc(Cl)cc2)N(C)C)CC1. The van der Waals surface area contributed by atoms with Gasteiger partial charge in [0.05, 0.1) is 0 Å². The fourth-order valence-electron chi connectivity index (χ4n) is 2.63. The van der Waals surface area contributed by atoms with Crippen molar-refractivity contribution in [1.29, 1.82) is 0 Å². The summed E-state index contributed by atoms with van der Waals surface area (Å²) in [5.74, 6) is 0.182. The number of carbonyl (C=O) groups excluding carboxylic acids is 1. The van der Waals surface area contributed by atoms with Gasteiger partial charge in [-0.1, -0.05) is 32.5 Å². The third-order valence-corrected chi connectivity index (χ3v) is 5.18. The van der Waals surface area contributed by atoms with E-state index >= 15 is 0 Å². The number of likely N-dealkylation sites (N-methyl/N-ethyl adjacent to an activating group) is 1. The minimum Gasteiger partial charge on any atom is -0.338 e. The van der Waals surface area contributed by atoms with Crippen LogP contribution in [-0.4, -0.2) is 67.3 Å². The van der Waals surface area contributed by atoms with Gasteiger partial charge in [-0.05, 0) is 38.5 Å². The molecule has 1 aliphatic rings. The summed E-state index contributed by atoms with van der Waals surface area (Å²) in [5, 5.41) is 0.696. The molecule has 0 N–H and O–H groups in total. The van der Waals surface area contributed by atoms with E-state index in [4.69, 9.17) is 11.6 Å². The van der Waals surface area contributed by atoms with E-state index in [2.05, 4.69) is 11.3 Å². The first kappa shape index (κ1) is 16.7. The Labute approximate surface area is 133 Å². The Morgan fingerprint density at radius 1 is 1.19 bits per heavy atom. The Bertz CT molecular complexity index is 472. The molecular weight excluding hydrogens is 305 g/mol. The summed E-state index contributed by atoms with van der Waals surface area (Å²) in [7, 11) is 4.71. The largest absolute Gasteiger partial charge is 0.338 e. The predicted octanol–water partition coefficient (Wildman–Crippen LogP) is 2.31. The second kappa shape index (κ2) is 7.55. The quantitative estimate of drug-likeness (QED) is 0.794. The Morgan fingerprint density at radius 3 is 2.24 bits per heavy atom. The van der Waals surface area contributed by atoms with Gasteiger partial charge < -0.3 is 4.90 Å². The van der Waals surface area contributed by atoms with Crippen LogP contribution in [0, 0.1) is 0 Å². The van der Waals surface area contributed by atoms with E-state index in [0.29, 0.717) is 5.02 Å². The highest BCUT2D eigenvalue weighted by atomic mass is 35.5. The minimum absolute atomic E-state index is 0.182. The Kier molecular flexibility index (Phi) is 6.00. The van der Waals surface area contributed by atoms with E-state index in [9.17, 15) is 4.79 Å². The second-order valence-electron chi connectivity index (χ2n) is 5.45. The van der Waals surface area contributed by atoms with Gasteiger partial charge in [0, 0.05) is 31.2 Å². The van der Waals surface area contributed by atoms with Gasteiger partial charge in [0.1, 0.15) is 6.04 Å². The molecule has 1 saturated heterocycles. The van der Waals surface area contributed by atoms with E-state index in [1.54, 1.807) is 0 Å². The van der Waals surface area contributed by atoms with Crippen molar-refractivity contribution in [1.82, 2.24) is 14.5 Å². The highest BCUT2D eigenvalue weighted by Gasteiger charge is 2.29. The Balaban J connectivity index is 2.11. The van der Waals surface area contributed by atoms with E-state index in [-0.39, 0.29) is 11.9 Å². The summed E-state index contributed by atoms with van der Waals surface area (Å²) in [6.45, 7) is 5.77. The van der Waals surface area contributed by atoms with Crippen molar-refractivity contribution in [2.75, 3.05) is 46.9 Å². The maximum absolute atomic E-state index is 12.9. The molecule has 1 fully saturated rings. The summed E-state index contributed by atoms with van der Waals surface area (Å²) in [6.07, 6.45) is 0. The molecule has 1 amide bonds. The molecule has 0 saturated carbocycles. The van der Waals surface area contributed by atoms with Crippen LogP contribution in [-0.2, 0) is 4.79 Å². The maximum Gasteiger partial charge on any atom is 0.244 e. The molecule has 6 heteroatoms. The summed E-state index contributed by atoms with van der Waals surface area (Å²) in [6, 6.07) is 7.33. The van der Waals surface area contributed by atoms with Crippen LogP contribution in [0.1, 0.15) is 11.6 Å². The highest BCUT2D eigenvalue weighted by molar-refractivity contribution is 7.34. The predicted molar refractivity (Wildman–Crippen MR) is 90.3 cm³/mol. The van der Waals surface area contributed by atoms with Crippen molar-refractivity contribution >= 4 is 26.2 Å². The monoisotopic (exact) mass is 327 g/mol. The molecule has 1 aliphatic heterocycles. The van der Waals surface area contributed by atoms with Crippen molar-refractivity contribution in [2.45, 2.75) is 6.04 Å². The number of nitrogens with zero attached hydrogens (tertiary/aromatic N) is 3. The molecule has 4 nitrogen and oxygen atoms in total. The Morgan fingerprint density at radius 2 is 1.76 bits per heavy atom. The van der Waals surface area contributed by atoms with E-state index in [0.717, 1.165) is 40.5 Å². The molecule has 116 valence electrons. The first-order chi connectivity index (χ1) is 10.0. The van der Waals surface area contributed by atoms with Gasteiger partial charge in [0.2, 0.25) is 5.91 Å². The third-order valence-electron chi connectivity index (χ3n) is 3.84. The normalized spacial score (nSPS) is 18.6. The second-order valence-corrected chi connectivity index (χ2v) is 6.97. The van der Waals surface area contributed by atoms with Gasteiger partial charge >= 0.3 is 0 Å². The number of halogens is 1. The lowest BCUT2D eigenvalue weighted by molar-refractivity contribution is -0.137. The Hall–Kier alpha value is -0.670. The zero-order valence-corrected chi connectivity index (χ0v) is 14.6. The lowest BCUT2D eigenvalue weighted by Gasteiger charge is -2.37. The fraction of sp³-hybridized carbons (Fsp3) is 0.533. The zero-order chi connectivity index (χ0) is 15.4. The van der Waals surface area contributed by atoms with Crippen LogP contribution in [0.25, 0.3) is 0 Å². The molecule has 2 unspecified atom stereocenters. The lowest BCUT2D eigenvalue weighted by Crippen LogP contribution is -2.49. The average molecular weight is 328 g/mol. The van der Waals surface area contributed by atoms with Gasteiger partial charge in [-0.15, -0.1) is 0 Å². The maximum atomic E-state index is 12.9. The van der Waals surface area contributed by atoms with Crippen molar-refractivity contribution in [3.05, 3.63) is 34.9 Å². The molecule has 2 rings (SSSR count). The number of hydrogen-bond acceptors (Lipinski definition) is 3. The van der Waals surface area contributed by atoms with Crippen LogP contribution < -0.4 is 0 Å². The van der Waals surface area contributed by atoms with Crippen LogP contribution in [0.2, 0.25) is 5.02 Å². The molecule has 0 bridgehead atoms. The van der Waals surface area contributed by atoms with Gasteiger partial charge in [0.15, 0.2) is 0 Å². The number of hydrogen-bond donors (Lipinski definition) is 0. The highest BCUT2D eigenvalue weighted by Crippen LogP contribution is 2.24. The van der Waals surface area contributed by atoms with E-state index in [1.807, 2.05) is 48.2 Å². The molecule has 0 radical (unpaired) electrons. The fourth-order valence-corrected chi connectivity index (χ4v) is 3.40. The molecule has 1 aromatic rings. The minimum atomic E-state index is -0.238. The molecule has 0 aliphatic carbocycles. The van der Waals surface area contributed by atoms with Gasteiger partial charge in [-0.3, -0.25) is 14.4 Å². The van der Waals surface area contributed by atoms with Crippen LogP contribution in [0.5, 0.6) is 0 Å². The number of rotatable bonds is 4. The van der Waals surface area contributed by atoms with Crippen molar-refractivity contribution < 1.29 is 4.79 Å². The van der Waals surface area contributed by atoms with Crippen LogP contribution >= 0.6 is 20.3 Å². The third kappa shape index (κ3) is 4.17. The molecule has 1 aromatic carbocycles. The van der Waals surface area contributed by atoms with E-state index in [1.165, 1.54) is 0 Å². The van der Waals surface area contributed by atoms with Gasteiger partial charge in [0.25, 0.3) is 0 Å². The summed E-state index contributed by atoms with van der Waals surface area (Å²) in [4.78, 5) is 16.8. The van der Waals surface area contributed by atoms with Crippen LogP contribution in [0.3, 0.4) is 0 Å². The number of carbonyl (C=O) groups is 1. The average Bonchev–Trinajstić information content (AvgIpc) is 2.49. The first-order valence-electron chi connectivity index (χ1n) is 7.16. The van der Waals surface area contributed by atoms with Crippen LogP contribution in [0.4, 0.5) is 0 Å². The van der Waals surface area contributed by atoms with Gasteiger partial charge in [-0.25, -0.2) is 0 Å². The van der Waals surface area contributed by atoms with Gasteiger partial charge in [-0.2, -0.15) is 0 Å².